The van der Waals surface area contributed by atoms with E-state index in [1.54, 1.807) is 43.5 Å². The van der Waals surface area contributed by atoms with Gasteiger partial charge in [-0.1, -0.05) is 23.7 Å². The average molecular weight is 505 g/mol. The summed E-state index contributed by atoms with van der Waals surface area (Å²) in [7, 11) is 1.59. The van der Waals surface area contributed by atoms with Crippen LogP contribution in [-0.4, -0.2) is 32.7 Å². The van der Waals surface area contributed by atoms with E-state index in [-0.39, 0.29) is 23.5 Å². The van der Waals surface area contributed by atoms with E-state index in [2.05, 4.69) is 36.1 Å². The van der Waals surface area contributed by atoms with Gasteiger partial charge in [0.2, 0.25) is 17.8 Å². The van der Waals surface area contributed by atoms with E-state index >= 15 is 0 Å². The molecule has 0 saturated carbocycles. The smallest absolute Gasteiger partial charge is 0.269 e. The van der Waals surface area contributed by atoms with E-state index in [4.69, 9.17) is 16.3 Å². The van der Waals surface area contributed by atoms with E-state index < -0.39 is 4.92 Å². The van der Waals surface area contributed by atoms with Crippen LogP contribution in [0.25, 0.3) is 0 Å². The topological polar surface area (TPSA) is 139 Å². The summed E-state index contributed by atoms with van der Waals surface area (Å²) in [5.41, 5.74) is 5.70. The summed E-state index contributed by atoms with van der Waals surface area (Å²) < 4.78 is 5.19. The van der Waals surface area contributed by atoms with Crippen molar-refractivity contribution < 1.29 is 9.66 Å². The number of nitro groups is 1. The summed E-state index contributed by atoms with van der Waals surface area (Å²) in [5.74, 6) is 1.35. The van der Waals surface area contributed by atoms with E-state index in [1.807, 2.05) is 31.2 Å². The number of non-ortho nitro benzene ring substituents is 1. The van der Waals surface area contributed by atoms with Gasteiger partial charge >= 0.3 is 0 Å². The second-order valence-corrected chi connectivity index (χ2v) is 7.84. The molecule has 0 atom stereocenters. The molecule has 182 valence electrons. The summed E-state index contributed by atoms with van der Waals surface area (Å²) in [4.78, 5) is 23.6. The molecule has 0 amide bonds. The highest BCUT2D eigenvalue weighted by molar-refractivity contribution is 6.30. The minimum Gasteiger partial charge on any atom is -0.497 e. The molecule has 0 spiro atoms. The number of methoxy groups -OCH3 is 1. The number of rotatable bonds is 9. The molecule has 0 bridgehead atoms. The van der Waals surface area contributed by atoms with Gasteiger partial charge in [0, 0.05) is 28.5 Å². The van der Waals surface area contributed by atoms with Crippen LogP contribution in [0.2, 0.25) is 5.02 Å². The molecular formula is C24H21ClN8O3. The zero-order chi connectivity index (χ0) is 25.5. The summed E-state index contributed by atoms with van der Waals surface area (Å²) in [6.45, 7) is 1.84. The van der Waals surface area contributed by atoms with Gasteiger partial charge in [0.25, 0.3) is 5.69 Å². The molecule has 0 aliphatic rings. The molecule has 3 N–H and O–H groups in total. The van der Waals surface area contributed by atoms with Crippen molar-refractivity contribution in [1.29, 1.82) is 0 Å². The highest BCUT2D eigenvalue weighted by atomic mass is 35.5. The quantitative estimate of drug-likeness (QED) is 0.147. The number of hydrazone groups is 1. The molecule has 11 nitrogen and oxygen atoms in total. The molecule has 0 unspecified atom stereocenters. The Kier molecular flexibility index (Phi) is 7.51. The minimum atomic E-state index is -0.466. The lowest BCUT2D eigenvalue weighted by molar-refractivity contribution is -0.384. The van der Waals surface area contributed by atoms with Gasteiger partial charge in [-0.2, -0.15) is 20.1 Å². The number of hydrogen-bond acceptors (Lipinski definition) is 10. The number of nitro benzene ring substituents is 1. The van der Waals surface area contributed by atoms with Crippen LogP contribution in [-0.2, 0) is 0 Å². The Morgan fingerprint density at radius 1 is 0.861 bits per heavy atom. The Bertz CT molecular complexity index is 1380. The molecule has 12 heteroatoms. The first-order chi connectivity index (χ1) is 17.4. The Morgan fingerprint density at radius 3 is 1.92 bits per heavy atom. The van der Waals surface area contributed by atoms with Crippen LogP contribution in [0.5, 0.6) is 5.75 Å². The zero-order valence-corrected chi connectivity index (χ0v) is 20.0. The first kappa shape index (κ1) is 24.4. The maximum absolute atomic E-state index is 10.9. The predicted octanol–water partition coefficient (Wildman–Crippen LogP) is 5.77. The number of aromatic nitrogens is 3. The number of nitrogens with one attached hydrogen (secondary N) is 3. The van der Waals surface area contributed by atoms with E-state index in [0.29, 0.717) is 22.2 Å². The molecule has 1 aromatic heterocycles. The van der Waals surface area contributed by atoms with Crippen molar-refractivity contribution in [3.8, 4) is 5.75 Å². The fourth-order valence-electron chi connectivity index (χ4n) is 3.03. The largest absolute Gasteiger partial charge is 0.497 e. The van der Waals surface area contributed by atoms with Crippen molar-refractivity contribution in [2.24, 2.45) is 5.10 Å². The number of halogens is 1. The highest BCUT2D eigenvalue weighted by Gasteiger charge is 2.10. The van der Waals surface area contributed by atoms with Gasteiger partial charge in [-0.05, 0) is 61.0 Å². The van der Waals surface area contributed by atoms with Crippen molar-refractivity contribution in [3.05, 3.63) is 93.5 Å². The monoisotopic (exact) mass is 504 g/mol. The van der Waals surface area contributed by atoms with Crippen molar-refractivity contribution in [3.63, 3.8) is 0 Å². The Hall–Kier alpha value is -4.77. The number of ether oxygens (including phenoxy) is 1. The lowest BCUT2D eigenvalue weighted by Crippen LogP contribution is -2.08. The molecule has 36 heavy (non-hydrogen) atoms. The summed E-state index contributed by atoms with van der Waals surface area (Å²) >= 11 is 5.96. The molecule has 0 aliphatic carbocycles. The Morgan fingerprint density at radius 2 is 1.39 bits per heavy atom. The van der Waals surface area contributed by atoms with Crippen LogP contribution in [0.15, 0.2) is 77.9 Å². The number of anilines is 5. The fraction of sp³-hybridized carbons (Fsp3) is 0.0833. The van der Waals surface area contributed by atoms with Gasteiger partial charge in [-0.15, -0.1) is 0 Å². The van der Waals surface area contributed by atoms with Crippen LogP contribution < -0.4 is 20.8 Å². The number of benzene rings is 3. The van der Waals surface area contributed by atoms with Crippen LogP contribution in [0.1, 0.15) is 12.5 Å². The maximum atomic E-state index is 10.9. The van der Waals surface area contributed by atoms with Crippen LogP contribution in [0.3, 0.4) is 0 Å². The molecular weight excluding hydrogens is 484 g/mol. The van der Waals surface area contributed by atoms with Crippen LogP contribution in [0.4, 0.5) is 34.9 Å². The van der Waals surface area contributed by atoms with E-state index in [1.165, 1.54) is 12.1 Å². The standard InChI is InChI=1S/C24H21ClN8O3/c1-15(16-3-5-17(25)6-4-16)31-32-24-29-22(26-18-7-11-20(12-8-18)33(34)35)28-23(30-24)27-19-9-13-21(36-2)14-10-19/h3-14H,1-2H3,(H3,26,27,28,29,30,32)/b31-15+. The molecule has 0 fully saturated rings. The summed E-state index contributed by atoms with van der Waals surface area (Å²) in [5, 5.41) is 22.1. The second-order valence-electron chi connectivity index (χ2n) is 7.40. The van der Waals surface area contributed by atoms with Crippen molar-refractivity contribution in [2.45, 2.75) is 6.92 Å². The molecule has 1 heterocycles. The van der Waals surface area contributed by atoms with Crippen molar-refractivity contribution in [2.75, 3.05) is 23.2 Å². The lowest BCUT2D eigenvalue weighted by atomic mass is 10.1. The molecule has 0 radical (unpaired) electrons. The lowest BCUT2D eigenvalue weighted by Gasteiger charge is -2.11. The molecule has 0 saturated heterocycles. The van der Waals surface area contributed by atoms with Crippen molar-refractivity contribution in [1.82, 2.24) is 15.0 Å². The fourth-order valence-corrected chi connectivity index (χ4v) is 3.15. The highest BCUT2D eigenvalue weighted by Crippen LogP contribution is 2.22. The number of nitrogens with zero attached hydrogens (tertiary/aromatic N) is 5. The maximum Gasteiger partial charge on any atom is 0.269 e. The van der Waals surface area contributed by atoms with Gasteiger partial charge < -0.3 is 15.4 Å². The second kappa shape index (κ2) is 11.1. The third-order valence-corrected chi connectivity index (χ3v) is 5.15. The number of hydrogen-bond donors (Lipinski definition) is 3. The molecule has 3 aromatic carbocycles. The van der Waals surface area contributed by atoms with Crippen LogP contribution in [0, 0.1) is 10.1 Å². The van der Waals surface area contributed by atoms with E-state index in [0.717, 1.165) is 11.3 Å². The van der Waals surface area contributed by atoms with Gasteiger partial charge in [-0.3, -0.25) is 10.1 Å². The first-order valence-electron chi connectivity index (χ1n) is 10.6. The van der Waals surface area contributed by atoms with Gasteiger partial charge in [0.05, 0.1) is 17.7 Å². The summed E-state index contributed by atoms with van der Waals surface area (Å²) in [6, 6.07) is 20.4. The third kappa shape index (κ3) is 6.42. The average Bonchev–Trinajstić information content (AvgIpc) is 2.88. The molecule has 4 rings (SSSR count). The van der Waals surface area contributed by atoms with E-state index in [9.17, 15) is 10.1 Å². The Labute approximate surface area is 211 Å². The third-order valence-electron chi connectivity index (χ3n) is 4.90. The van der Waals surface area contributed by atoms with Gasteiger partial charge in [0.15, 0.2) is 0 Å². The predicted molar refractivity (Wildman–Crippen MR) is 140 cm³/mol. The minimum absolute atomic E-state index is 0.0209. The SMILES string of the molecule is COc1ccc(Nc2nc(N/N=C(\C)c3ccc(Cl)cc3)nc(Nc3ccc([N+](=O)[O-])cc3)n2)cc1. The van der Waals surface area contributed by atoms with Crippen LogP contribution >= 0.6 is 11.6 Å². The Balaban J connectivity index is 1.60. The zero-order valence-electron chi connectivity index (χ0n) is 19.3. The summed E-state index contributed by atoms with van der Waals surface area (Å²) in [6.07, 6.45) is 0. The van der Waals surface area contributed by atoms with Gasteiger partial charge in [-0.25, -0.2) is 5.43 Å². The molecule has 0 aliphatic heterocycles. The molecule has 4 aromatic rings. The normalized spacial score (nSPS) is 11.0. The first-order valence-corrected chi connectivity index (χ1v) is 11.0. The van der Waals surface area contributed by atoms with Crippen molar-refractivity contribution >= 4 is 52.2 Å². The van der Waals surface area contributed by atoms with Gasteiger partial charge in [0.1, 0.15) is 5.75 Å².